The van der Waals surface area contributed by atoms with Crippen molar-refractivity contribution in [1.82, 2.24) is 4.90 Å². The zero-order valence-electron chi connectivity index (χ0n) is 9.90. The van der Waals surface area contributed by atoms with E-state index in [0.717, 1.165) is 18.6 Å². The number of hydrogen-bond acceptors (Lipinski definition) is 2. The van der Waals surface area contributed by atoms with E-state index in [9.17, 15) is 13.6 Å². The molecule has 18 heavy (non-hydrogen) atoms. The number of benzene rings is 1. The molecule has 1 aromatic carbocycles. The van der Waals surface area contributed by atoms with Crippen LogP contribution in [-0.2, 0) is 0 Å². The van der Waals surface area contributed by atoms with Gasteiger partial charge >= 0.3 is 0 Å². The zero-order valence-corrected chi connectivity index (χ0v) is 9.90. The molecule has 1 amide bonds. The second-order valence-corrected chi connectivity index (χ2v) is 4.55. The molecular weight excluding hydrogens is 240 g/mol. The molecule has 0 spiro atoms. The Morgan fingerprint density at radius 2 is 2.17 bits per heavy atom. The van der Waals surface area contributed by atoms with Gasteiger partial charge < -0.3 is 10.0 Å². The van der Waals surface area contributed by atoms with E-state index in [2.05, 4.69) is 0 Å². The molecule has 3 nitrogen and oxygen atoms in total. The van der Waals surface area contributed by atoms with Gasteiger partial charge in [-0.3, -0.25) is 4.79 Å². The highest BCUT2D eigenvalue weighted by atomic mass is 19.2. The number of aliphatic hydroxyl groups excluding tert-OH is 1. The molecule has 0 radical (unpaired) electrons. The van der Waals surface area contributed by atoms with E-state index in [-0.39, 0.29) is 18.1 Å². The lowest BCUT2D eigenvalue weighted by Crippen LogP contribution is -2.28. The minimum absolute atomic E-state index is 0.109. The Kier molecular flexibility index (Phi) is 3.91. The highest BCUT2D eigenvalue weighted by Gasteiger charge is 2.26. The third-order valence-corrected chi connectivity index (χ3v) is 3.28. The SMILES string of the molecule is O=C(c1ccc(F)c(F)c1)N1CCC(CCO)C1. The third kappa shape index (κ3) is 2.67. The Balaban J connectivity index is 2.05. The molecule has 1 unspecified atom stereocenters. The van der Waals surface area contributed by atoms with Gasteiger partial charge in [0.25, 0.3) is 5.91 Å². The number of aliphatic hydroxyl groups is 1. The van der Waals surface area contributed by atoms with Crippen molar-refractivity contribution < 1.29 is 18.7 Å². The van der Waals surface area contributed by atoms with Gasteiger partial charge in [-0.15, -0.1) is 0 Å². The first kappa shape index (κ1) is 13.0. The zero-order chi connectivity index (χ0) is 13.1. The molecule has 1 heterocycles. The van der Waals surface area contributed by atoms with Crippen molar-refractivity contribution in [2.24, 2.45) is 5.92 Å². The van der Waals surface area contributed by atoms with Crippen molar-refractivity contribution in [3.8, 4) is 0 Å². The summed E-state index contributed by atoms with van der Waals surface area (Å²) in [6, 6.07) is 3.18. The summed E-state index contributed by atoms with van der Waals surface area (Å²) in [5, 5.41) is 8.84. The number of carbonyl (C=O) groups excluding carboxylic acids is 1. The largest absolute Gasteiger partial charge is 0.396 e. The second-order valence-electron chi connectivity index (χ2n) is 4.55. The van der Waals surface area contributed by atoms with Crippen LogP contribution in [0.5, 0.6) is 0 Å². The maximum atomic E-state index is 13.0. The predicted molar refractivity (Wildman–Crippen MR) is 62.1 cm³/mol. The Morgan fingerprint density at radius 1 is 1.39 bits per heavy atom. The number of halogens is 2. The van der Waals surface area contributed by atoms with E-state index in [4.69, 9.17) is 5.11 Å². The summed E-state index contributed by atoms with van der Waals surface area (Å²) in [4.78, 5) is 13.7. The van der Waals surface area contributed by atoms with Gasteiger partial charge in [-0.1, -0.05) is 0 Å². The number of likely N-dealkylation sites (tertiary alicyclic amines) is 1. The molecule has 1 aliphatic heterocycles. The second kappa shape index (κ2) is 5.44. The minimum atomic E-state index is -1.01. The summed E-state index contributed by atoms with van der Waals surface area (Å²) < 4.78 is 25.8. The first-order chi connectivity index (χ1) is 8.61. The van der Waals surface area contributed by atoms with Gasteiger partial charge in [0.1, 0.15) is 0 Å². The van der Waals surface area contributed by atoms with Gasteiger partial charge in [0.05, 0.1) is 0 Å². The van der Waals surface area contributed by atoms with Crippen LogP contribution >= 0.6 is 0 Å². The smallest absolute Gasteiger partial charge is 0.253 e. The van der Waals surface area contributed by atoms with Crippen molar-refractivity contribution in [2.45, 2.75) is 12.8 Å². The van der Waals surface area contributed by atoms with Gasteiger partial charge in [-0.25, -0.2) is 8.78 Å². The summed E-state index contributed by atoms with van der Waals surface area (Å²) in [6.07, 6.45) is 1.51. The fourth-order valence-electron chi connectivity index (χ4n) is 2.25. The quantitative estimate of drug-likeness (QED) is 0.894. The first-order valence-electron chi connectivity index (χ1n) is 5.97. The summed E-state index contributed by atoms with van der Waals surface area (Å²) in [6.45, 7) is 1.28. The Hall–Kier alpha value is -1.49. The van der Waals surface area contributed by atoms with Crippen LogP contribution < -0.4 is 0 Å². The number of rotatable bonds is 3. The Morgan fingerprint density at radius 3 is 2.83 bits per heavy atom. The molecule has 1 aliphatic rings. The van der Waals surface area contributed by atoms with Gasteiger partial charge in [0.15, 0.2) is 11.6 Å². The maximum Gasteiger partial charge on any atom is 0.253 e. The van der Waals surface area contributed by atoms with Crippen molar-refractivity contribution in [1.29, 1.82) is 0 Å². The molecule has 1 aromatic rings. The molecule has 0 bridgehead atoms. The normalized spacial score (nSPS) is 19.3. The summed E-state index contributed by atoms with van der Waals surface area (Å²) in [5.74, 6) is -1.95. The van der Waals surface area contributed by atoms with E-state index in [0.29, 0.717) is 25.4 Å². The standard InChI is InChI=1S/C13H15F2NO2/c14-11-2-1-10(7-12(11)15)13(18)16-5-3-9(8-16)4-6-17/h1-2,7,9,17H,3-6,8H2. The molecule has 0 aliphatic carbocycles. The van der Waals surface area contributed by atoms with Crippen LogP contribution in [0.2, 0.25) is 0 Å². The van der Waals surface area contributed by atoms with Crippen molar-refractivity contribution in [3.05, 3.63) is 35.4 Å². The van der Waals surface area contributed by atoms with Crippen molar-refractivity contribution in [3.63, 3.8) is 0 Å². The number of amides is 1. The molecule has 2 rings (SSSR count). The van der Waals surface area contributed by atoms with Crippen LogP contribution in [0.15, 0.2) is 18.2 Å². The molecule has 98 valence electrons. The van der Waals surface area contributed by atoms with E-state index >= 15 is 0 Å². The summed E-state index contributed by atoms with van der Waals surface area (Å²) >= 11 is 0. The van der Waals surface area contributed by atoms with Crippen LogP contribution in [0.1, 0.15) is 23.2 Å². The highest BCUT2D eigenvalue weighted by molar-refractivity contribution is 5.94. The fourth-order valence-corrected chi connectivity index (χ4v) is 2.25. The maximum absolute atomic E-state index is 13.0. The van der Waals surface area contributed by atoms with Gasteiger partial charge in [-0.2, -0.15) is 0 Å². The monoisotopic (exact) mass is 255 g/mol. The molecule has 1 N–H and O–H groups in total. The van der Waals surface area contributed by atoms with Crippen LogP contribution in [0.3, 0.4) is 0 Å². The molecule has 0 saturated carbocycles. The molecule has 1 saturated heterocycles. The molecule has 1 atom stereocenters. The number of hydrogen-bond donors (Lipinski definition) is 1. The first-order valence-corrected chi connectivity index (χ1v) is 5.97. The van der Waals surface area contributed by atoms with Crippen LogP contribution in [0.4, 0.5) is 8.78 Å². The minimum Gasteiger partial charge on any atom is -0.396 e. The van der Waals surface area contributed by atoms with Crippen LogP contribution in [-0.4, -0.2) is 35.6 Å². The Bertz CT molecular complexity index is 451. The van der Waals surface area contributed by atoms with Crippen molar-refractivity contribution in [2.75, 3.05) is 19.7 Å². The average molecular weight is 255 g/mol. The molecule has 0 aromatic heterocycles. The van der Waals surface area contributed by atoms with E-state index in [1.165, 1.54) is 6.07 Å². The average Bonchev–Trinajstić information content (AvgIpc) is 2.81. The van der Waals surface area contributed by atoms with Gasteiger partial charge in [0, 0.05) is 25.3 Å². The highest BCUT2D eigenvalue weighted by Crippen LogP contribution is 2.21. The lowest BCUT2D eigenvalue weighted by molar-refractivity contribution is 0.0784. The number of carbonyl (C=O) groups is 1. The van der Waals surface area contributed by atoms with Gasteiger partial charge in [0.2, 0.25) is 0 Å². The van der Waals surface area contributed by atoms with Crippen LogP contribution in [0.25, 0.3) is 0 Å². The Labute approximate surface area is 104 Å². The summed E-state index contributed by atoms with van der Waals surface area (Å²) in [5.41, 5.74) is 0.165. The topological polar surface area (TPSA) is 40.5 Å². The summed E-state index contributed by atoms with van der Waals surface area (Å²) in [7, 11) is 0. The fraction of sp³-hybridized carbons (Fsp3) is 0.462. The van der Waals surface area contributed by atoms with Crippen molar-refractivity contribution >= 4 is 5.91 Å². The lowest BCUT2D eigenvalue weighted by Gasteiger charge is -2.16. The predicted octanol–water partition coefficient (Wildman–Crippen LogP) is 1.81. The third-order valence-electron chi connectivity index (χ3n) is 3.28. The van der Waals surface area contributed by atoms with E-state index in [1.807, 2.05) is 0 Å². The van der Waals surface area contributed by atoms with Gasteiger partial charge in [-0.05, 0) is 37.0 Å². The lowest BCUT2D eigenvalue weighted by atomic mass is 10.1. The van der Waals surface area contributed by atoms with E-state index < -0.39 is 11.6 Å². The van der Waals surface area contributed by atoms with Crippen LogP contribution in [0, 0.1) is 17.6 Å². The molecule has 1 fully saturated rings. The molecule has 5 heteroatoms. The van der Waals surface area contributed by atoms with E-state index in [1.54, 1.807) is 4.90 Å². The number of nitrogens with zero attached hydrogens (tertiary/aromatic N) is 1. The molecular formula is C13H15F2NO2.